The fraction of sp³-hybridized carbons (Fsp3) is 0.833. The molecule has 0 aliphatic heterocycles. The van der Waals surface area contributed by atoms with Gasteiger partial charge in [-0.25, -0.2) is 0 Å². The second-order valence-corrected chi connectivity index (χ2v) is 5.07. The summed E-state index contributed by atoms with van der Waals surface area (Å²) in [6.07, 6.45) is 4.96. The van der Waals surface area contributed by atoms with Gasteiger partial charge in [0.25, 0.3) is 0 Å². The second-order valence-electron chi connectivity index (χ2n) is 3.96. The molecule has 0 unspecified atom stereocenters. The van der Waals surface area contributed by atoms with E-state index in [4.69, 9.17) is 5.11 Å². The van der Waals surface area contributed by atoms with Crippen LogP contribution < -0.4 is 5.32 Å². The Morgan fingerprint density at radius 1 is 1.18 bits per heavy atom. The molecule has 1 amide bonds. The van der Waals surface area contributed by atoms with Crippen molar-refractivity contribution >= 4 is 23.6 Å². The molecule has 0 fully saturated rings. The minimum atomic E-state index is -0.749. The summed E-state index contributed by atoms with van der Waals surface area (Å²) in [6, 6.07) is 0. The molecule has 0 saturated carbocycles. The number of rotatable bonds is 11. The van der Waals surface area contributed by atoms with Crippen molar-refractivity contribution < 1.29 is 14.7 Å². The van der Waals surface area contributed by atoms with Gasteiger partial charge in [-0.3, -0.25) is 9.59 Å². The lowest BCUT2D eigenvalue weighted by Crippen LogP contribution is -2.26. The van der Waals surface area contributed by atoms with Crippen molar-refractivity contribution in [1.82, 2.24) is 5.32 Å². The summed E-state index contributed by atoms with van der Waals surface area (Å²) in [5.41, 5.74) is 0. The third-order valence-corrected chi connectivity index (χ3v) is 3.31. The van der Waals surface area contributed by atoms with Crippen molar-refractivity contribution in [2.75, 3.05) is 18.1 Å². The molecule has 0 aromatic carbocycles. The summed E-state index contributed by atoms with van der Waals surface area (Å²) >= 11 is 1.67. The van der Waals surface area contributed by atoms with Gasteiger partial charge in [-0.15, -0.1) is 0 Å². The molecule has 0 aromatic heterocycles. The van der Waals surface area contributed by atoms with E-state index in [1.807, 2.05) is 0 Å². The molecule has 4 nitrogen and oxygen atoms in total. The minimum absolute atomic E-state index is 0.0873. The van der Waals surface area contributed by atoms with E-state index in [9.17, 15) is 9.59 Å². The van der Waals surface area contributed by atoms with Crippen molar-refractivity contribution in [2.45, 2.75) is 45.4 Å². The zero-order chi connectivity index (χ0) is 12.9. The van der Waals surface area contributed by atoms with Crippen molar-refractivity contribution in [3.8, 4) is 0 Å². The van der Waals surface area contributed by atoms with E-state index in [0.29, 0.717) is 18.7 Å². The van der Waals surface area contributed by atoms with Crippen molar-refractivity contribution in [3.63, 3.8) is 0 Å². The predicted octanol–water partition coefficient (Wildman–Crippen LogP) is 2.28. The van der Waals surface area contributed by atoms with Crippen LogP contribution >= 0.6 is 11.8 Å². The highest BCUT2D eigenvalue weighted by Gasteiger charge is 2.00. The number of carbonyl (C=O) groups is 2. The zero-order valence-electron chi connectivity index (χ0n) is 10.5. The van der Waals surface area contributed by atoms with Gasteiger partial charge in [0, 0.05) is 13.0 Å². The predicted molar refractivity (Wildman–Crippen MR) is 71.3 cm³/mol. The number of carboxylic acids is 1. The summed E-state index contributed by atoms with van der Waals surface area (Å²) in [7, 11) is 0. The zero-order valence-corrected chi connectivity index (χ0v) is 11.4. The Balaban J connectivity index is 3.19. The van der Waals surface area contributed by atoms with Crippen LogP contribution in [0.3, 0.4) is 0 Å². The topological polar surface area (TPSA) is 66.4 Å². The van der Waals surface area contributed by atoms with E-state index in [2.05, 4.69) is 12.2 Å². The standard InChI is InChI=1S/C12H23NO3S/c1-2-3-9-17-10-11(14)13-8-6-4-5-7-12(15)16/h2-10H2,1H3,(H,13,14)(H,15,16). The van der Waals surface area contributed by atoms with Crippen molar-refractivity contribution in [3.05, 3.63) is 0 Å². The molecule has 0 aliphatic carbocycles. The Morgan fingerprint density at radius 3 is 2.59 bits per heavy atom. The molecule has 0 rings (SSSR count). The van der Waals surface area contributed by atoms with Crippen LogP contribution in [0.5, 0.6) is 0 Å². The van der Waals surface area contributed by atoms with Crippen LogP contribution in [-0.2, 0) is 9.59 Å². The Hall–Kier alpha value is -0.710. The molecule has 100 valence electrons. The summed E-state index contributed by atoms with van der Waals surface area (Å²) in [4.78, 5) is 21.6. The molecule has 0 saturated heterocycles. The normalized spacial score (nSPS) is 10.2. The summed E-state index contributed by atoms with van der Waals surface area (Å²) < 4.78 is 0. The molecule has 5 heteroatoms. The number of carboxylic acid groups (broad SMARTS) is 1. The second kappa shape index (κ2) is 11.8. The molecule has 0 atom stereocenters. The van der Waals surface area contributed by atoms with Crippen LogP contribution in [0.15, 0.2) is 0 Å². The molecule has 0 bridgehead atoms. The lowest BCUT2D eigenvalue weighted by atomic mass is 10.2. The number of unbranched alkanes of at least 4 members (excludes halogenated alkanes) is 3. The van der Waals surface area contributed by atoms with E-state index in [1.54, 1.807) is 11.8 Å². The summed E-state index contributed by atoms with van der Waals surface area (Å²) in [5, 5.41) is 11.3. The monoisotopic (exact) mass is 261 g/mol. The molecule has 0 aliphatic rings. The fourth-order valence-electron chi connectivity index (χ4n) is 1.27. The fourth-order valence-corrected chi connectivity index (χ4v) is 2.19. The number of nitrogens with one attached hydrogen (secondary N) is 1. The average molecular weight is 261 g/mol. The number of hydrogen-bond acceptors (Lipinski definition) is 3. The maximum Gasteiger partial charge on any atom is 0.303 e. The van der Waals surface area contributed by atoms with Crippen molar-refractivity contribution in [2.24, 2.45) is 0 Å². The first-order chi connectivity index (χ1) is 8.16. The van der Waals surface area contributed by atoms with Crippen LogP contribution in [0, 0.1) is 0 Å². The van der Waals surface area contributed by atoms with Gasteiger partial charge >= 0.3 is 5.97 Å². The smallest absolute Gasteiger partial charge is 0.303 e. The van der Waals surface area contributed by atoms with Gasteiger partial charge in [0.1, 0.15) is 0 Å². The maximum atomic E-state index is 11.3. The number of carbonyl (C=O) groups excluding carboxylic acids is 1. The van der Waals surface area contributed by atoms with Crippen LogP contribution in [0.2, 0.25) is 0 Å². The van der Waals surface area contributed by atoms with Gasteiger partial charge < -0.3 is 10.4 Å². The maximum absolute atomic E-state index is 11.3. The van der Waals surface area contributed by atoms with Gasteiger partial charge in [-0.05, 0) is 25.0 Å². The first-order valence-electron chi connectivity index (χ1n) is 6.23. The largest absolute Gasteiger partial charge is 0.481 e. The first-order valence-corrected chi connectivity index (χ1v) is 7.38. The van der Waals surface area contributed by atoms with E-state index in [1.165, 1.54) is 0 Å². The summed E-state index contributed by atoms with van der Waals surface area (Å²) in [6.45, 7) is 2.80. The highest BCUT2D eigenvalue weighted by molar-refractivity contribution is 7.99. The number of aliphatic carboxylic acids is 1. The highest BCUT2D eigenvalue weighted by atomic mass is 32.2. The third-order valence-electron chi connectivity index (χ3n) is 2.26. The third kappa shape index (κ3) is 13.2. The Kier molecular flexibility index (Phi) is 11.3. The number of thioether (sulfide) groups is 1. The number of hydrogen-bond donors (Lipinski definition) is 2. The molecule has 0 heterocycles. The van der Waals surface area contributed by atoms with Crippen LogP contribution in [0.25, 0.3) is 0 Å². The van der Waals surface area contributed by atoms with Gasteiger partial charge in [0.15, 0.2) is 0 Å². The van der Waals surface area contributed by atoms with E-state index in [0.717, 1.165) is 31.4 Å². The molecule has 0 radical (unpaired) electrons. The lowest BCUT2D eigenvalue weighted by molar-refractivity contribution is -0.137. The minimum Gasteiger partial charge on any atom is -0.481 e. The number of amides is 1. The molecule has 2 N–H and O–H groups in total. The Bertz CT molecular complexity index is 222. The summed E-state index contributed by atoms with van der Waals surface area (Å²) in [5.74, 6) is 0.920. The van der Waals surface area contributed by atoms with E-state index < -0.39 is 5.97 Å². The van der Waals surface area contributed by atoms with Gasteiger partial charge in [-0.2, -0.15) is 11.8 Å². The van der Waals surface area contributed by atoms with Gasteiger partial charge in [0.05, 0.1) is 5.75 Å². The average Bonchev–Trinajstić information content (AvgIpc) is 2.29. The highest BCUT2D eigenvalue weighted by Crippen LogP contribution is 2.03. The van der Waals surface area contributed by atoms with E-state index >= 15 is 0 Å². The van der Waals surface area contributed by atoms with Crippen LogP contribution in [0.4, 0.5) is 0 Å². The molecule has 0 spiro atoms. The SMILES string of the molecule is CCCCSCC(=O)NCCCCCC(=O)O. The molecule has 17 heavy (non-hydrogen) atoms. The Morgan fingerprint density at radius 2 is 1.94 bits per heavy atom. The van der Waals surface area contributed by atoms with Crippen LogP contribution in [-0.4, -0.2) is 35.0 Å². The molecular formula is C12H23NO3S. The Labute approximate surface area is 108 Å². The lowest BCUT2D eigenvalue weighted by Gasteiger charge is -2.04. The van der Waals surface area contributed by atoms with Gasteiger partial charge in [0.2, 0.25) is 5.91 Å². The first kappa shape index (κ1) is 16.3. The quantitative estimate of drug-likeness (QED) is 0.560. The van der Waals surface area contributed by atoms with Gasteiger partial charge in [-0.1, -0.05) is 19.8 Å². The molecule has 0 aromatic rings. The van der Waals surface area contributed by atoms with Crippen LogP contribution in [0.1, 0.15) is 45.4 Å². The van der Waals surface area contributed by atoms with E-state index in [-0.39, 0.29) is 12.3 Å². The molecular weight excluding hydrogens is 238 g/mol. The van der Waals surface area contributed by atoms with Crippen molar-refractivity contribution in [1.29, 1.82) is 0 Å².